The highest BCUT2D eigenvalue weighted by Gasteiger charge is 2.21. The van der Waals surface area contributed by atoms with E-state index < -0.39 is 10.0 Å². The van der Waals surface area contributed by atoms with Gasteiger partial charge in [0.1, 0.15) is 11.5 Å². The third kappa shape index (κ3) is 4.86. The number of benzene rings is 2. The third-order valence-corrected chi connectivity index (χ3v) is 5.93. The Kier molecular flexibility index (Phi) is 5.79. The summed E-state index contributed by atoms with van der Waals surface area (Å²) in [5, 5.41) is 0. The van der Waals surface area contributed by atoms with Crippen LogP contribution < -0.4 is 4.72 Å². The molecule has 7 heteroatoms. The molecule has 1 heterocycles. The van der Waals surface area contributed by atoms with Crippen LogP contribution in [0, 0.1) is 20.8 Å². The second-order valence-electron chi connectivity index (χ2n) is 7.13. The molecular formula is C22H24N2O4S. The number of hydrogen-bond donors (Lipinski definition) is 1. The number of amides is 1. The average Bonchev–Trinajstić information content (AvgIpc) is 3.05. The van der Waals surface area contributed by atoms with Gasteiger partial charge in [-0.15, -0.1) is 0 Å². The Bertz CT molecular complexity index is 1150. The molecule has 152 valence electrons. The predicted molar refractivity (Wildman–Crippen MR) is 112 cm³/mol. The Balaban J connectivity index is 1.85. The van der Waals surface area contributed by atoms with Crippen molar-refractivity contribution in [1.29, 1.82) is 0 Å². The van der Waals surface area contributed by atoms with Crippen LogP contribution in [0.3, 0.4) is 0 Å². The van der Waals surface area contributed by atoms with E-state index in [4.69, 9.17) is 4.42 Å². The van der Waals surface area contributed by atoms with Crippen LogP contribution in [0.1, 0.15) is 33.0 Å². The zero-order valence-corrected chi connectivity index (χ0v) is 17.7. The first-order valence-electron chi connectivity index (χ1n) is 9.16. The van der Waals surface area contributed by atoms with Gasteiger partial charge in [-0.2, -0.15) is 0 Å². The van der Waals surface area contributed by atoms with Crippen LogP contribution in [0.15, 0.2) is 63.9 Å². The molecule has 3 aromatic rings. The van der Waals surface area contributed by atoms with Gasteiger partial charge in [0.15, 0.2) is 0 Å². The number of carbonyl (C=O) groups excluding carboxylic acids is 1. The molecule has 0 aliphatic heterocycles. The lowest BCUT2D eigenvalue weighted by atomic mass is 10.1. The van der Waals surface area contributed by atoms with Crippen molar-refractivity contribution in [3.63, 3.8) is 0 Å². The fourth-order valence-corrected chi connectivity index (χ4v) is 4.08. The Morgan fingerprint density at radius 2 is 1.79 bits per heavy atom. The van der Waals surface area contributed by atoms with Crippen molar-refractivity contribution < 1.29 is 17.6 Å². The van der Waals surface area contributed by atoms with Crippen molar-refractivity contribution >= 4 is 21.6 Å². The highest BCUT2D eigenvalue weighted by molar-refractivity contribution is 7.92. The van der Waals surface area contributed by atoms with Crippen molar-refractivity contribution in [2.45, 2.75) is 32.2 Å². The Morgan fingerprint density at radius 1 is 1.03 bits per heavy atom. The van der Waals surface area contributed by atoms with E-state index in [0.717, 1.165) is 11.3 Å². The van der Waals surface area contributed by atoms with Gasteiger partial charge in [-0.1, -0.05) is 18.2 Å². The SMILES string of the molecule is Cc1cccc(NS(=O)(=O)c2ccc(C)c(C(=O)N(C)Cc3ccc(C)o3)c2)c1. The molecule has 0 saturated heterocycles. The average molecular weight is 413 g/mol. The summed E-state index contributed by atoms with van der Waals surface area (Å²) in [6.45, 7) is 5.80. The molecule has 0 fully saturated rings. The van der Waals surface area contributed by atoms with Crippen LogP contribution in [0.25, 0.3) is 0 Å². The number of nitrogens with one attached hydrogen (secondary N) is 1. The van der Waals surface area contributed by atoms with Gasteiger partial charge in [-0.25, -0.2) is 8.42 Å². The monoisotopic (exact) mass is 412 g/mol. The minimum absolute atomic E-state index is 0.0372. The summed E-state index contributed by atoms with van der Waals surface area (Å²) in [5.41, 5.74) is 2.46. The first kappa shape index (κ1) is 20.7. The molecule has 0 saturated carbocycles. The van der Waals surface area contributed by atoms with Crippen LogP contribution >= 0.6 is 0 Å². The summed E-state index contributed by atoms with van der Waals surface area (Å²) < 4.78 is 33.7. The van der Waals surface area contributed by atoms with Crippen LogP contribution in [-0.4, -0.2) is 26.3 Å². The van der Waals surface area contributed by atoms with Gasteiger partial charge in [0.25, 0.3) is 15.9 Å². The number of anilines is 1. The molecule has 1 aromatic heterocycles. The quantitative estimate of drug-likeness (QED) is 0.655. The maximum absolute atomic E-state index is 12.9. The molecule has 29 heavy (non-hydrogen) atoms. The zero-order chi connectivity index (χ0) is 21.2. The number of aryl methyl sites for hydroxylation is 3. The van der Waals surface area contributed by atoms with E-state index in [2.05, 4.69) is 4.72 Å². The van der Waals surface area contributed by atoms with Crippen LogP contribution in [0.4, 0.5) is 5.69 Å². The summed E-state index contributed by atoms with van der Waals surface area (Å²) in [5.74, 6) is 1.16. The molecule has 2 aromatic carbocycles. The minimum atomic E-state index is -3.82. The number of furan rings is 1. The lowest BCUT2D eigenvalue weighted by molar-refractivity contribution is 0.0774. The fraction of sp³-hybridized carbons (Fsp3) is 0.227. The van der Waals surface area contributed by atoms with Crippen LogP contribution in [0.2, 0.25) is 0 Å². The van der Waals surface area contributed by atoms with E-state index in [1.807, 2.05) is 32.0 Å². The minimum Gasteiger partial charge on any atom is -0.464 e. The number of rotatable bonds is 6. The molecule has 0 unspecified atom stereocenters. The van der Waals surface area contributed by atoms with Gasteiger partial charge < -0.3 is 9.32 Å². The topological polar surface area (TPSA) is 79.6 Å². The number of carbonyl (C=O) groups is 1. The van der Waals surface area contributed by atoms with Gasteiger partial charge in [0.2, 0.25) is 0 Å². The first-order chi connectivity index (χ1) is 13.7. The van der Waals surface area contributed by atoms with Gasteiger partial charge >= 0.3 is 0 Å². The fourth-order valence-electron chi connectivity index (χ4n) is 3.00. The normalized spacial score (nSPS) is 11.3. The van der Waals surface area contributed by atoms with E-state index >= 15 is 0 Å². The molecule has 0 radical (unpaired) electrons. The molecule has 6 nitrogen and oxygen atoms in total. The number of hydrogen-bond acceptors (Lipinski definition) is 4. The second kappa shape index (κ2) is 8.13. The molecule has 0 atom stereocenters. The molecule has 0 spiro atoms. The largest absolute Gasteiger partial charge is 0.464 e. The summed E-state index contributed by atoms with van der Waals surface area (Å²) in [6, 6.07) is 15.3. The molecule has 0 aliphatic rings. The van der Waals surface area contributed by atoms with Crippen molar-refractivity contribution in [3.05, 3.63) is 82.8 Å². The Morgan fingerprint density at radius 3 is 2.45 bits per heavy atom. The van der Waals surface area contributed by atoms with E-state index in [9.17, 15) is 13.2 Å². The number of sulfonamides is 1. The van der Waals surface area contributed by atoms with E-state index in [1.54, 1.807) is 38.2 Å². The summed E-state index contributed by atoms with van der Waals surface area (Å²) >= 11 is 0. The highest BCUT2D eigenvalue weighted by Crippen LogP contribution is 2.21. The third-order valence-electron chi connectivity index (χ3n) is 4.56. The van der Waals surface area contributed by atoms with E-state index in [-0.39, 0.29) is 10.8 Å². The van der Waals surface area contributed by atoms with Crippen molar-refractivity contribution in [3.8, 4) is 0 Å². The van der Waals surface area contributed by atoms with Crippen molar-refractivity contribution in [2.75, 3.05) is 11.8 Å². The summed E-state index contributed by atoms with van der Waals surface area (Å²) in [7, 11) is -2.16. The van der Waals surface area contributed by atoms with E-state index in [1.165, 1.54) is 17.0 Å². The van der Waals surface area contributed by atoms with E-state index in [0.29, 0.717) is 29.1 Å². The Hall–Kier alpha value is -3.06. The van der Waals surface area contributed by atoms with Gasteiger partial charge in [0, 0.05) is 18.3 Å². The van der Waals surface area contributed by atoms with Crippen molar-refractivity contribution in [1.82, 2.24) is 4.90 Å². The predicted octanol–water partition coefficient (Wildman–Crippen LogP) is 4.28. The molecule has 0 bridgehead atoms. The Labute approximate surface area is 171 Å². The standard InChI is InChI=1S/C22H24N2O4S/c1-15-6-5-7-18(12-15)23-29(26,27)20-11-8-16(2)21(13-20)22(25)24(4)14-19-10-9-17(3)28-19/h5-13,23H,14H2,1-4H3. The number of nitrogens with zero attached hydrogens (tertiary/aromatic N) is 1. The maximum atomic E-state index is 12.9. The lowest BCUT2D eigenvalue weighted by Gasteiger charge is -2.18. The highest BCUT2D eigenvalue weighted by atomic mass is 32.2. The molecule has 1 amide bonds. The summed E-state index contributed by atoms with van der Waals surface area (Å²) in [6.07, 6.45) is 0. The van der Waals surface area contributed by atoms with Crippen LogP contribution in [0.5, 0.6) is 0 Å². The lowest BCUT2D eigenvalue weighted by Crippen LogP contribution is -2.27. The molecule has 0 aliphatic carbocycles. The van der Waals surface area contributed by atoms with Crippen molar-refractivity contribution in [2.24, 2.45) is 0 Å². The van der Waals surface area contributed by atoms with Crippen LogP contribution in [-0.2, 0) is 16.6 Å². The van der Waals surface area contributed by atoms with Gasteiger partial charge in [0.05, 0.1) is 11.4 Å². The molecule has 3 rings (SSSR count). The zero-order valence-electron chi connectivity index (χ0n) is 16.9. The summed E-state index contributed by atoms with van der Waals surface area (Å²) in [4.78, 5) is 14.5. The second-order valence-corrected chi connectivity index (χ2v) is 8.81. The van der Waals surface area contributed by atoms with Gasteiger partial charge in [-0.05, 0) is 68.3 Å². The smallest absolute Gasteiger partial charge is 0.261 e. The molecular weight excluding hydrogens is 388 g/mol. The first-order valence-corrected chi connectivity index (χ1v) is 10.6. The maximum Gasteiger partial charge on any atom is 0.261 e. The molecule has 1 N–H and O–H groups in total. The van der Waals surface area contributed by atoms with Gasteiger partial charge in [-0.3, -0.25) is 9.52 Å².